The van der Waals surface area contributed by atoms with Gasteiger partial charge in [-0.1, -0.05) is 17.7 Å². The molecule has 0 spiro atoms. The Morgan fingerprint density at radius 1 is 1.18 bits per heavy atom. The van der Waals surface area contributed by atoms with Crippen LogP contribution in [0, 0.1) is 16.7 Å². The van der Waals surface area contributed by atoms with Crippen molar-refractivity contribution in [1.82, 2.24) is 35.5 Å². The molecule has 1 aliphatic heterocycles. The molecule has 264 valence electrons. The Labute approximate surface area is 291 Å². The summed E-state index contributed by atoms with van der Waals surface area (Å²) in [5, 5.41) is 33.1. The number of carbonyl (C=O) groups excluding carboxylic acids is 1. The Morgan fingerprint density at radius 2 is 1.96 bits per heavy atom. The first-order chi connectivity index (χ1) is 23.8. The summed E-state index contributed by atoms with van der Waals surface area (Å²) in [6.07, 6.45) is 5.56. The number of carbonyl (C=O) groups is 1. The SMILES string of the molecule is CCOC(=O)OC(C)n1nnc(COC[C@H](C)NC2CCC(Nc3cc(-c4cccc(NCC5(C#N)CCOCC5)n4)c(Cl)cn3)CC2)n1. The number of nitriles is 1. The van der Waals surface area contributed by atoms with Crippen LogP contribution in [0.4, 0.5) is 16.4 Å². The van der Waals surface area contributed by atoms with Crippen molar-refractivity contribution >= 4 is 29.4 Å². The number of pyridine rings is 2. The van der Waals surface area contributed by atoms with Gasteiger partial charge in [-0.25, -0.2) is 14.8 Å². The predicted molar refractivity (Wildman–Crippen MR) is 182 cm³/mol. The van der Waals surface area contributed by atoms with E-state index in [9.17, 15) is 10.1 Å². The van der Waals surface area contributed by atoms with Crippen molar-refractivity contribution in [3.8, 4) is 17.3 Å². The van der Waals surface area contributed by atoms with Crippen molar-refractivity contribution in [2.75, 3.05) is 43.6 Å². The third kappa shape index (κ3) is 10.4. The molecule has 4 heterocycles. The number of nitrogens with zero attached hydrogens (tertiary/aromatic N) is 7. The molecule has 15 nitrogen and oxygen atoms in total. The van der Waals surface area contributed by atoms with E-state index in [2.05, 4.69) is 49.3 Å². The van der Waals surface area contributed by atoms with E-state index in [1.54, 1.807) is 20.0 Å². The molecule has 3 aromatic rings. The fourth-order valence-electron chi connectivity index (χ4n) is 5.94. The van der Waals surface area contributed by atoms with Gasteiger partial charge in [-0.2, -0.15) is 5.26 Å². The summed E-state index contributed by atoms with van der Waals surface area (Å²) in [7, 11) is 0. The van der Waals surface area contributed by atoms with Crippen LogP contribution in [0.2, 0.25) is 5.02 Å². The number of hydrogen-bond acceptors (Lipinski definition) is 14. The lowest BCUT2D eigenvalue weighted by atomic mass is 9.82. The molecule has 0 amide bonds. The maximum Gasteiger partial charge on any atom is 0.510 e. The van der Waals surface area contributed by atoms with Crippen molar-refractivity contribution in [3.05, 3.63) is 41.3 Å². The molecule has 0 bridgehead atoms. The predicted octanol–water partition coefficient (Wildman–Crippen LogP) is 5.13. The van der Waals surface area contributed by atoms with Crippen LogP contribution in [0.5, 0.6) is 0 Å². The van der Waals surface area contributed by atoms with Crippen LogP contribution < -0.4 is 16.0 Å². The summed E-state index contributed by atoms with van der Waals surface area (Å²) >= 11 is 6.59. The van der Waals surface area contributed by atoms with E-state index in [1.807, 2.05) is 24.3 Å². The van der Waals surface area contributed by atoms with Crippen molar-refractivity contribution in [2.24, 2.45) is 5.41 Å². The van der Waals surface area contributed by atoms with E-state index >= 15 is 0 Å². The molecule has 1 unspecified atom stereocenters. The summed E-state index contributed by atoms with van der Waals surface area (Å²) in [5.41, 5.74) is 1.08. The second-order valence-electron chi connectivity index (χ2n) is 12.5. The van der Waals surface area contributed by atoms with E-state index in [4.69, 9.17) is 35.5 Å². The Bertz CT molecular complexity index is 1550. The van der Waals surface area contributed by atoms with Crippen molar-refractivity contribution < 1.29 is 23.7 Å². The van der Waals surface area contributed by atoms with Crippen LogP contribution in [-0.2, 0) is 25.6 Å². The monoisotopic (exact) mass is 696 g/mol. The maximum atomic E-state index is 11.5. The molecular formula is C33H45ClN10O5. The van der Waals surface area contributed by atoms with Crippen LogP contribution in [0.25, 0.3) is 11.3 Å². The molecule has 49 heavy (non-hydrogen) atoms. The molecule has 2 aliphatic rings. The molecule has 1 aliphatic carbocycles. The highest BCUT2D eigenvalue weighted by Crippen LogP contribution is 2.32. The number of tetrazole rings is 1. The number of ether oxygens (including phenoxy) is 4. The highest BCUT2D eigenvalue weighted by atomic mass is 35.5. The van der Waals surface area contributed by atoms with Gasteiger partial charge in [-0.3, -0.25) is 0 Å². The van der Waals surface area contributed by atoms with Crippen molar-refractivity contribution in [3.63, 3.8) is 0 Å². The number of halogens is 1. The van der Waals surface area contributed by atoms with E-state index in [1.165, 1.54) is 4.80 Å². The summed E-state index contributed by atoms with van der Waals surface area (Å²) in [5.74, 6) is 1.86. The van der Waals surface area contributed by atoms with Gasteiger partial charge in [0.05, 0.1) is 35.4 Å². The Hall–Kier alpha value is -4.10. The summed E-state index contributed by atoms with van der Waals surface area (Å²) in [4.78, 5) is 22.1. The number of nitrogens with one attached hydrogen (secondary N) is 3. The Kier molecular flexibility index (Phi) is 12.9. The fraction of sp³-hybridized carbons (Fsp3) is 0.606. The Morgan fingerprint density at radius 3 is 2.71 bits per heavy atom. The molecule has 0 aromatic carbocycles. The zero-order chi connectivity index (χ0) is 34.6. The lowest BCUT2D eigenvalue weighted by Gasteiger charge is -2.32. The lowest BCUT2D eigenvalue weighted by molar-refractivity contribution is -0.00552. The standard InChI is InChI=1S/C33H45ClN10O5/c1-4-48-32(45)49-23(3)44-42-31(41-43-44)19-47-18-22(2)38-24-8-10-25(11-9-24)39-30-16-26(27(34)17-36-30)28-6-5-7-29(40-28)37-21-33(20-35)12-14-46-15-13-33/h5-7,16-17,22-25,38H,4,8-15,18-19,21H2,1-3H3,(H,36,39)(H,37,40)/t22-,23?,24?,25?/m0/s1. The lowest BCUT2D eigenvalue weighted by Crippen LogP contribution is -2.43. The first kappa shape index (κ1) is 36.2. The molecule has 3 aromatic heterocycles. The van der Waals surface area contributed by atoms with Crippen LogP contribution >= 0.6 is 11.6 Å². The zero-order valence-corrected chi connectivity index (χ0v) is 29.0. The minimum absolute atomic E-state index is 0.135. The van der Waals surface area contributed by atoms with Crippen molar-refractivity contribution in [1.29, 1.82) is 5.26 Å². The molecule has 3 N–H and O–H groups in total. The van der Waals surface area contributed by atoms with E-state index < -0.39 is 17.8 Å². The van der Waals surface area contributed by atoms with E-state index in [0.717, 1.165) is 42.8 Å². The number of rotatable bonds is 15. The van der Waals surface area contributed by atoms with Gasteiger partial charge in [0.25, 0.3) is 0 Å². The van der Waals surface area contributed by atoms with Crippen molar-refractivity contribution in [2.45, 2.75) is 90.3 Å². The zero-order valence-electron chi connectivity index (χ0n) is 28.2. The van der Waals surface area contributed by atoms with Gasteiger partial charge in [-0.15, -0.1) is 15.0 Å². The third-order valence-electron chi connectivity index (χ3n) is 8.70. The van der Waals surface area contributed by atoms with E-state index in [0.29, 0.717) is 61.9 Å². The first-order valence-corrected chi connectivity index (χ1v) is 17.2. The third-order valence-corrected chi connectivity index (χ3v) is 9.00. The molecule has 1 saturated heterocycles. The molecule has 1 saturated carbocycles. The summed E-state index contributed by atoms with van der Waals surface area (Å²) in [6, 6.07) is 11.0. The summed E-state index contributed by atoms with van der Waals surface area (Å²) < 4.78 is 21.1. The summed E-state index contributed by atoms with van der Waals surface area (Å²) in [6.45, 7) is 8.03. The number of anilines is 2. The highest BCUT2D eigenvalue weighted by molar-refractivity contribution is 6.33. The average Bonchev–Trinajstić information content (AvgIpc) is 3.59. The van der Waals surface area contributed by atoms with Gasteiger partial charge >= 0.3 is 6.16 Å². The number of hydrogen-bond donors (Lipinski definition) is 3. The minimum atomic E-state index is -0.785. The molecule has 2 fully saturated rings. The highest BCUT2D eigenvalue weighted by Gasteiger charge is 2.32. The Balaban J connectivity index is 1.04. The average molecular weight is 697 g/mol. The second kappa shape index (κ2) is 17.5. The van der Waals surface area contributed by atoms with Gasteiger partial charge in [0.1, 0.15) is 18.2 Å². The maximum absolute atomic E-state index is 11.5. The fourth-order valence-corrected chi connectivity index (χ4v) is 6.14. The topological polar surface area (TPSA) is 183 Å². The molecule has 2 atom stereocenters. The van der Waals surface area contributed by atoms with Gasteiger partial charge in [0.2, 0.25) is 12.1 Å². The molecule has 0 radical (unpaired) electrons. The molecule has 16 heteroatoms. The van der Waals surface area contributed by atoms with Crippen LogP contribution in [0.1, 0.15) is 71.3 Å². The second-order valence-corrected chi connectivity index (χ2v) is 12.9. The van der Waals surface area contributed by atoms with Gasteiger partial charge in [0, 0.05) is 49.6 Å². The molecule has 5 rings (SSSR count). The van der Waals surface area contributed by atoms with Gasteiger partial charge < -0.3 is 34.9 Å². The van der Waals surface area contributed by atoms with E-state index in [-0.39, 0.29) is 25.3 Å². The van der Waals surface area contributed by atoms with Crippen LogP contribution in [0.15, 0.2) is 30.5 Å². The number of aromatic nitrogens is 6. The normalized spacial score (nSPS) is 20.1. The minimum Gasteiger partial charge on any atom is -0.435 e. The largest absolute Gasteiger partial charge is 0.510 e. The smallest absolute Gasteiger partial charge is 0.435 e. The van der Waals surface area contributed by atoms with Gasteiger partial charge in [0.15, 0.2) is 0 Å². The quantitative estimate of drug-likeness (QED) is 0.178. The molecular weight excluding hydrogens is 652 g/mol. The van der Waals surface area contributed by atoms with Gasteiger partial charge in [-0.05, 0) is 82.7 Å². The van der Waals surface area contributed by atoms with Crippen LogP contribution in [-0.4, -0.2) is 87.4 Å². The first-order valence-electron chi connectivity index (χ1n) is 16.8. The van der Waals surface area contributed by atoms with Crippen LogP contribution in [0.3, 0.4) is 0 Å².